The number of aromatic nitrogens is 1. The molecular weight excluding hydrogens is 186 g/mol. The van der Waals surface area contributed by atoms with Gasteiger partial charge < -0.3 is 0 Å². The molecule has 0 aromatic carbocycles. The van der Waals surface area contributed by atoms with Crippen LogP contribution in [0.3, 0.4) is 0 Å². The molecule has 8 heavy (non-hydrogen) atoms. The SMILES string of the molecule is C[n+]1csc(CBr)c1. The predicted molar refractivity (Wildman–Crippen MR) is 38.1 cm³/mol. The van der Waals surface area contributed by atoms with E-state index in [1.165, 1.54) is 4.88 Å². The molecule has 0 N–H and O–H groups in total. The van der Waals surface area contributed by atoms with Crippen molar-refractivity contribution in [1.82, 2.24) is 0 Å². The monoisotopic (exact) mass is 192 g/mol. The van der Waals surface area contributed by atoms with Crippen LogP contribution in [-0.2, 0) is 12.4 Å². The Kier molecular flexibility index (Phi) is 2.02. The third-order valence-corrected chi connectivity index (χ3v) is 2.82. The van der Waals surface area contributed by atoms with Gasteiger partial charge >= 0.3 is 0 Å². The topological polar surface area (TPSA) is 3.88 Å². The van der Waals surface area contributed by atoms with Gasteiger partial charge in [-0.15, -0.1) is 0 Å². The number of thiazole rings is 1. The number of rotatable bonds is 1. The molecule has 0 fully saturated rings. The molecule has 3 heteroatoms. The summed E-state index contributed by atoms with van der Waals surface area (Å²) in [6, 6.07) is 0. The lowest BCUT2D eigenvalue weighted by molar-refractivity contribution is -0.666. The summed E-state index contributed by atoms with van der Waals surface area (Å²) in [5, 5.41) is 0.971. The summed E-state index contributed by atoms with van der Waals surface area (Å²) in [6.45, 7) is 0. The molecule has 1 aromatic rings. The van der Waals surface area contributed by atoms with Gasteiger partial charge in [0.05, 0.1) is 4.88 Å². The van der Waals surface area contributed by atoms with Crippen LogP contribution in [0.15, 0.2) is 11.7 Å². The summed E-state index contributed by atoms with van der Waals surface area (Å²) >= 11 is 5.13. The first-order valence-corrected chi connectivity index (χ1v) is 4.31. The maximum Gasteiger partial charge on any atom is 0.224 e. The molecule has 1 nitrogen and oxygen atoms in total. The first-order valence-electron chi connectivity index (χ1n) is 2.31. The van der Waals surface area contributed by atoms with E-state index in [9.17, 15) is 0 Å². The van der Waals surface area contributed by atoms with Crippen LogP contribution in [0.2, 0.25) is 0 Å². The standard InChI is InChI=1S/C5H7BrNS/c1-7-3-5(2-6)8-4-7/h3-4H,2H2,1H3/q+1. The average Bonchev–Trinajstić information content (AvgIpc) is 2.14. The molecule has 0 aliphatic heterocycles. The van der Waals surface area contributed by atoms with E-state index in [2.05, 4.69) is 32.2 Å². The lowest BCUT2D eigenvalue weighted by Crippen LogP contribution is -2.22. The molecule has 0 unspecified atom stereocenters. The Labute approximate surface area is 61.1 Å². The van der Waals surface area contributed by atoms with Gasteiger partial charge in [-0.25, -0.2) is 0 Å². The largest absolute Gasteiger partial charge is 0.224 e. The summed E-state index contributed by atoms with van der Waals surface area (Å²) in [7, 11) is 2.03. The van der Waals surface area contributed by atoms with Crippen LogP contribution >= 0.6 is 27.3 Å². The fourth-order valence-corrected chi connectivity index (χ4v) is 1.70. The Morgan fingerprint density at radius 2 is 2.62 bits per heavy atom. The van der Waals surface area contributed by atoms with E-state index in [1.54, 1.807) is 11.3 Å². The molecule has 0 saturated heterocycles. The van der Waals surface area contributed by atoms with E-state index in [-0.39, 0.29) is 0 Å². The Morgan fingerprint density at radius 1 is 1.88 bits per heavy atom. The normalized spacial score (nSPS) is 9.75. The zero-order chi connectivity index (χ0) is 5.98. The maximum absolute atomic E-state index is 3.37. The number of nitrogens with zero attached hydrogens (tertiary/aromatic N) is 1. The number of hydrogen-bond donors (Lipinski definition) is 0. The molecule has 0 saturated carbocycles. The Hall–Kier alpha value is 0.110. The minimum absolute atomic E-state index is 0.971. The van der Waals surface area contributed by atoms with Crippen molar-refractivity contribution < 1.29 is 4.57 Å². The van der Waals surface area contributed by atoms with Crippen molar-refractivity contribution in [1.29, 1.82) is 0 Å². The fraction of sp³-hybridized carbons (Fsp3) is 0.400. The van der Waals surface area contributed by atoms with Crippen molar-refractivity contribution in [2.75, 3.05) is 0 Å². The Morgan fingerprint density at radius 3 is 2.88 bits per heavy atom. The molecule has 0 spiro atoms. The van der Waals surface area contributed by atoms with Crippen LogP contribution in [0.5, 0.6) is 0 Å². The van der Waals surface area contributed by atoms with Gasteiger partial charge in [-0.1, -0.05) is 27.3 Å². The molecule has 0 aliphatic carbocycles. The Balaban J connectivity index is 2.84. The lowest BCUT2D eigenvalue weighted by atomic mass is 10.6. The summed E-state index contributed by atoms with van der Waals surface area (Å²) in [5.74, 6) is 0. The van der Waals surface area contributed by atoms with E-state index in [0.717, 1.165) is 5.33 Å². The van der Waals surface area contributed by atoms with E-state index in [4.69, 9.17) is 0 Å². The maximum atomic E-state index is 3.37. The van der Waals surface area contributed by atoms with E-state index in [0.29, 0.717) is 0 Å². The van der Waals surface area contributed by atoms with Crippen molar-refractivity contribution in [3.8, 4) is 0 Å². The molecule has 0 amide bonds. The first-order chi connectivity index (χ1) is 3.83. The van der Waals surface area contributed by atoms with Gasteiger partial charge in [0.25, 0.3) is 0 Å². The van der Waals surface area contributed by atoms with Crippen molar-refractivity contribution in [3.63, 3.8) is 0 Å². The molecule has 1 aromatic heterocycles. The smallest absolute Gasteiger partial charge is 0.198 e. The number of alkyl halides is 1. The third kappa shape index (κ3) is 1.29. The minimum atomic E-state index is 0.971. The number of hydrogen-bond acceptors (Lipinski definition) is 1. The quantitative estimate of drug-likeness (QED) is 0.469. The Bertz CT molecular complexity index is 173. The van der Waals surface area contributed by atoms with Gasteiger partial charge in [0.1, 0.15) is 7.05 Å². The molecule has 0 aliphatic rings. The number of aryl methyl sites for hydroxylation is 1. The summed E-state index contributed by atoms with van der Waals surface area (Å²) < 4.78 is 2.06. The predicted octanol–water partition coefficient (Wildman–Crippen LogP) is 1.47. The van der Waals surface area contributed by atoms with Gasteiger partial charge in [0, 0.05) is 5.33 Å². The highest BCUT2D eigenvalue weighted by molar-refractivity contribution is 9.08. The molecule has 1 heterocycles. The zero-order valence-corrected chi connectivity index (χ0v) is 7.00. The van der Waals surface area contributed by atoms with Crippen molar-refractivity contribution in [3.05, 3.63) is 16.6 Å². The van der Waals surface area contributed by atoms with Crippen LogP contribution in [0, 0.1) is 0 Å². The molecule has 0 atom stereocenters. The molecule has 44 valence electrons. The minimum Gasteiger partial charge on any atom is -0.198 e. The summed E-state index contributed by atoms with van der Waals surface area (Å²) in [6.07, 6.45) is 2.11. The van der Waals surface area contributed by atoms with Gasteiger partial charge in [-0.3, -0.25) is 0 Å². The zero-order valence-electron chi connectivity index (χ0n) is 4.60. The highest BCUT2D eigenvalue weighted by Gasteiger charge is 1.97. The van der Waals surface area contributed by atoms with Gasteiger partial charge in [-0.2, -0.15) is 4.57 Å². The van der Waals surface area contributed by atoms with Gasteiger partial charge in [-0.05, 0) is 0 Å². The van der Waals surface area contributed by atoms with E-state index in [1.807, 2.05) is 7.05 Å². The fourth-order valence-electron chi connectivity index (χ4n) is 0.505. The van der Waals surface area contributed by atoms with Gasteiger partial charge in [0.2, 0.25) is 5.51 Å². The van der Waals surface area contributed by atoms with Gasteiger partial charge in [0.15, 0.2) is 6.20 Å². The van der Waals surface area contributed by atoms with Crippen molar-refractivity contribution in [2.45, 2.75) is 5.33 Å². The summed E-state index contributed by atoms with van der Waals surface area (Å²) in [4.78, 5) is 1.37. The van der Waals surface area contributed by atoms with Crippen molar-refractivity contribution in [2.24, 2.45) is 7.05 Å². The van der Waals surface area contributed by atoms with Crippen molar-refractivity contribution >= 4 is 27.3 Å². The van der Waals surface area contributed by atoms with Crippen LogP contribution in [0.25, 0.3) is 0 Å². The molecule has 1 rings (SSSR count). The summed E-state index contributed by atoms with van der Waals surface area (Å²) in [5.41, 5.74) is 2.08. The lowest BCUT2D eigenvalue weighted by Gasteiger charge is -1.72. The molecule has 0 radical (unpaired) electrons. The first kappa shape index (κ1) is 6.23. The van der Waals surface area contributed by atoms with Crippen LogP contribution in [-0.4, -0.2) is 0 Å². The van der Waals surface area contributed by atoms with Crippen LogP contribution < -0.4 is 4.57 Å². The second-order valence-electron chi connectivity index (χ2n) is 1.62. The highest BCUT2D eigenvalue weighted by atomic mass is 79.9. The average molecular weight is 193 g/mol. The second kappa shape index (κ2) is 2.60. The van der Waals surface area contributed by atoms with E-state index < -0.39 is 0 Å². The number of halogens is 1. The molecular formula is C5H7BrNS+. The third-order valence-electron chi connectivity index (χ3n) is 0.850. The highest BCUT2D eigenvalue weighted by Crippen LogP contribution is 2.07. The molecule has 0 bridgehead atoms. The second-order valence-corrected chi connectivity index (χ2v) is 3.15. The van der Waals surface area contributed by atoms with Crippen LogP contribution in [0.4, 0.5) is 0 Å². The van der Waals surface area contributed by atoms with Crippen LogP contribution in [0.1, 0.15) is 4.88 Å². The van der Waals surface area contributed by atoms with E-state index >= 15 is 0 Å².